The lowest BCUT2D eigenvalue weighted by Crippen LogP contribution is -2.10. The van der Waals surface area contributed by atoms with Crippen LogP contribution >= 0.6 is 0 Å². The van der Waals surface area contributed by atoms with Gasteiger partial charge < -0.3 is 18.7 Å². The molecule has 0 unspecified atom stereocenters. The molecular weight excluding hydrogens is 405 g/mol. The van der Waals surface area contributed by atoms with Gasteiger partial charge in [0.25, 0.3) is 5.89 Å². The summed E-state index contributed by atoms with van der Waals surface area (Å²) in [4.78, 5) is 16.1. The van der Waals surface area contributed by atoms with Gasteiger partial charge in [0, 0.05) is 5.56 Å². The highest BCUT2D eigenvalue weighted by molar-refractivity contribution is 5.72. The van der Waals surface area contributed by atoms with E-state index < -0.39 is 17.7 Å². The van der Waals surface area contributed by atoms with Crippen LogP contribution in [0.25, 0.3) is 11.4 Å². The van der Waals surface area contributed by atoms with Gasteiger partial charge in [-0.1, -0.05) is 23.4 Å². The summed E-state index contributed by atoms with van der Waals surface area (Å²) < 4.78 is 58.7. The average Bonchev–Trinajstić information content (AvgIpc) is 3.20. The maximum Gasteiger partial charge on any atom is 0.416 e. The predicted octanol–water partition coefficient (Wildman–Crippen LogP) is 4.06. The van der Waals surface area contributed by atoms with Crippen molar-refractivity contribution in [3.63, 3.8) is 0 Å². The van der Waals surface area contributed by atoms with Gasteiger partial charge in [0.05, 0.1) is 26.2 Å². The fraction of sp³-hybridized carbons (Fsp3) is 0.250. The molecule has 0 fully saturated rings. The van der Waals surface area contributed by atoms with Crippen molar-refractivity contribution in [2.75, 3.05) is 14.2 Å². The van der Waals surface area contributed by atoms with Gasteiger partial charge >= 0.3 is 12.1 Å². The molecule has 10 heteroatoms. The molecule has 0 radical (unpaired) electrons. The number of esters is 1. The molecule has 1 aromatic heterocycles. The van der Waals surface area contributed by atoms with Crippen LogP contribution in [0.4, 0.5) is 13.2 Å². The molecule has 0 bridgehead atoms. The third kappa shape index (κ3) is 5.07. The van der Waals surface area contributed by atoms with Crippen LogP contribution in [0.3, 0.4) is 0 Å². The molecule has 0 aliphatic carbocycles. The Bertz CT molecular complexity index is 1030. The number of methoxy groups -OCH3 is 2. The number of hydrogen-bond acceptors (Lipinski definition) is 7. The third-order valence-electron chi connectivity index (χ3n) is 4.07. The van der Waals surface area contributed by atoms with E-state index in [-0.39, 0.29) is 30.3 Å². The van der Waals surface area contributed by atoms with E-state index in [0.29, 0.717) is 17.1 Å². The topological polar surface area (TPSA) is 83.7 Å². The minimum Gasteiger partial charge on any atom is -0.493 e. The van der Waals surface area contributed by atoms with Crippen LogP contribution in [0.15, 0.2) is 47.0 Å². The average molecular weight is 422 g/mol. The molecule has 0 amide bonds. The maximum absolute atomic E-state index is 12.7. The number of aromatic nitrogens is 2. The van der Waals surface area contributed by atoms with E-state index in [1.807, 2.05) is 0 Å². The van der Waals surface area contributed by atoms with Crippen LogP contribution in [0.5, 0.6) is 11.5 Å². The monoisotopic (exact) mass is 422 g/mol. The third-order valence-corrected chi connectivity index (χ3v) is 4.07. The second-order valence-electron chi connectivity index (χ2n) is 6.12. The van der Waals surface area contributed by atoms with Crippen molar-refractivity contribution in [1.82, 2.24) is 10.1 Å². The molecule has 0 N–H and O–H groups in total. The van der Waals surface area contributed by atoms with Crippen molar-refractivity contribution >= 4 is 5.97 Å². The highest BCUT2D eigenvalue weighted by Crippen LogP contribution is 2.31. The van der Waals surface area contributed by atoms with Crippen LogP contribution in [0, 0.1) is 0 Å². The number of nitrogens with zero attached hydrogens (tertiary/aromatic N) is 2. The van der Waals surface area contributed by atoms with Gasteiger partial charge in [0.1, 0.15) is 0 Å². The number of carbonyl (C=O) groups is 1. The molecule has 0 atom stereocenters. The number of ether oxygens (including phenoxy) is 3. The van der Waals surface area contributed by atoms with E-state index in [1.54, 1.807) is 18.2 Å². The fourth-order valence-corrected chi connectivity index (χ4v) is 2.62. The molecule has 158 valence electrons. The fourth-order valence-electron chi connectivity index (χ4n) is 2.62. The number of rotatable bonds is 7. The first-order valence-corrected chi connectivity index (χ1v) is 8.67. The standard InChI is InChI=1S/C20H17F3N2O5/c1-27-15-7-6-13(10-16(15)28-2)19-24-17(30-25-19)11-29-18(26)9-12-4-3-5-14(8-12)20(21,22)23/h3-8,10H,9,11H2,1-2H3. The van der Waals surface area contributed by atoms with Crippen molar-refractivity contribution in [2.45, 2.75) is 19.2 Å². The Morgan fingerprint density at radius 3 is 2.53 bits per heavy atom. The minimum atomic E-state index is -4.48. The van der Waals surface area contributed by atoms with Crippen LogP contribution < -0.4 is 9.47 Å². The largest absolute Gasteiger partial charge is 0.493 e. The Kier molecular flexibility index (Phi) is 6.24. The van der Waals surface area contributed by atoms with E-state index in [9.17, 15) is 18.0 Å². The number of carbonyl (C=O) groups excluding carboxylic acids is 1. The molecule has 7 nitrogen and oxygen atoms in total. The summed E-state index contributed by atoms with van der Waals surface area (Å²) in [7, 11) is 3.00. The number of alkyl halides is 3. The van der Waals surface area contributed by atoms with Gasteiger partial charge in [-0.25, -0.2) is 0 Å². The molecule has 3 rings (SSSR count). The zero-order valence-corrected chi connectivity index (χ0v) is 16.0. The van der Waals surface area contributed by atoms with Gasteiger partial charge in [0.15, 0.2) is 18.1 Å². The SMILES string of the molecule is COc1ccc(-c2noc(COC(=O)Cc3cccc(C(F)(F)F)c3)n2)cc1OC. The van der Waals surface area contributed by atoms with Crippen molar-refractivity contribution in [1.29, 1.82) is 0 Å². The molecule has 0 saturated heterocycles. The summed E-state index contributed by atoms with van der Waals surface area (Å²) in [6.45, 7) is -0.307. The maximum atomic E-state index is 12.7. The molecule has 0 aliphatic heterocycles. The first-order valence-electron chi connectivity index (χ1n) is 8.67. The van der Waals surface area contributed by atoms with Crippen LogP contribution in [0.2, 0.25) is 0 Å². The van der Waals surface area contributed by atoms with Gasteiger partial charge in [-0.3, -0.25) is 4.79 Å². The quantitative estimate of drug-likeness (QED) is 0.531. The zero-order chi connectivity index (χ0) is 21.7. The molecule has 1 heterocycles. The molecule has 30 heavy (non-hydrogen) atoms. The summed E-state index contributed by atoms with van der Waals surface area (Å²) in [5, 5.41) is 3.82. The Labute approximate surface area is 169 Å². The van der Waals surface area contributed by atoms with Crippen LogP contribution in [-0.2, 0) is 28.7 Å². The lowest BCUT2D eigenvalue weighted by atomic mass is 10.1. The molecular formula is C20H17F3N2O5. The number of benzene rings is 2. The number of halogens is 3. The molecule has 3 aromatic rings. The van der Waals surface area contributed by atoms with E-state index >= 15 is 0 Å². The Balaban J connectivity index is 1.61. The van der Waals surface area contributed by atoms with Gasteiger partial charge in [-0.05, 0) is 29.8 Å². The molecule has 0 saturated carbocycles. The second-order valence-corrected chi connectivity index (χ2v) is 6.12. The molecule has 2 aromatic carbocycles. The molecule has 0 spiro atoms. The van der Waals surface area contributed by atoms with Crippen molar-refractivity contribution < 1.29 is 36.7 Å². The van der Waals surface area contributed by atoms with Crippen molar-refractivity contribution in [3.05, 3.63) is 59.5 Å². The zero-order valence-electron chi connectivity index (χ0n) is 16.0. The van der Waals surface area contributed by atoms with E-state index in [4.69, 9.17) is 18.7 Å². The van der Waals surface area contributed by atoms with Crippen LogP contribution in [-0.4, -0.2) is 30.3 Å². The second kappa shape index (κ2) is 8.85. The van der Waals surface area contributed by atoms with Crippen molar-refractivity contribution in [3.8, 4) is 22.9 Å². The Morgan fingerprint density at radius 2 is 1.83 bits per heavy atom. The highest BCUT2D eigenvalue weighted by Gasteiger charge is 2.30. The summed E-state index contributed by atoms with van der Waals surface area (Å²) in [5.74, 6) is 0.583. The van der Waals surface area contributed by atoms with Gasteiger partial charge in [-0.2, -0.15) is 18.2 Å². The summed E-state index contributed by atoms with van der Waals surface area (Å²) in [6, 6.07) is 9.53. The lowest BCUT2D eigenvalue weighted by Gasteiger charge is -2.08. The Morgan fingerprint density at radius 1 is 1.07 bits per heavy atom. The van der Waals surface area contributed by atoms with Gasteiger partial charge in [0.2, 0.25) is 5.82 Å². The van der Waals surface area contributed by atoms with Crippen molar-refractivity contribution in [2.24, 2.45) is 0 Å². The Hall–Kier alpha value is -3.56. The summed E-state index contributed by atoms with van der Waals surface area (Å²) in [6.07, 6.45) is -4.80. The van der Waals surface area contributed by atoms with E-state index in [0.717, 1.165) is 12.1 Å². The minimum absolute atomic E-state index is 0.0391. The summed E-state index contributed by atoms with van der Waals surface area (Å²) >= 11 is 0. The first-order chi connectivity index (χ1) is 14.3. The highest BCUT2D eigenvalue weighted by atomic mass is 19.4. The predicted molar refractivity (Wildman–Crippen MR) is 97.8 cm³/mol. The normalized spacial score (nSPS) is 11.2. The van der Waals surface area contributed by atoms with Crippen LogP contribution in [0.1, 0.15) is 17.0 Å². The number of hydrogen-bond donors (Lipinski definition) is 0. The van der Waals surface area contributed by atoms with E-state index in [1.165, 1.54) is 26.4 Å². The lowest BCUT2D eigenvalue weighted by molar-refractivity contribution is -0.145. The summed E-state index contributed by atoms with van der Waals surface area (Å²) in [5.41, 5.74) is -0.0476. The molecule has 0 aliphatic rings. The first kappa shape index (κ1) is 21.2. The van der Waals surface area contributed by atoms with Gasteiger partial charge in [-0.15, -0.1) is 0 Å². The van der Waals surface area contributed by atoms with E-state index in [2.05, 4.69) is 10.1 Å². The smallest absolute Gasteiger partial charge is 0.416 e.